The van der Waals surface area contributed by atoms with Gasteiger partial charge in [0, 0.05) is 12.6 Å². The maximum atomic E-state index is 13.4. The summed E-state index contributed by atoms with van der Waals surface area (Å²) in [6.07, 6.45) is 0. The van der Waals surface area contributed by atoms with Gasteiger partial charge in [-0.2, -0.15) is 5.10 Å². The average Bonchev–Trinajstić information content (AvgIpc) is 2.60. The molecule has 2 aromatic rings. The van der Waals surface area contributed by atoms with Crippen LogP contribution in [0.4, 0.5) is 10.2 Å². The summed E-state index contributed by atoms with van der Waals surface area (Å²) in [4.78, 5) is 0. The second-order valence-electron chi connectivity index (χ2n) is 4.79. The smallest absolute Gasteiger partial charge is 0.238 e. The Kier molecular flexibility index (Phi) is 4.25. The van der Waals surface area contributed by atoms with Crippen LogP contribution in [0, 0.1) is 19.7 Å². The fourth-order valence-corrected chi connectivity index (χ4v) is 3.33. The van der Waals surface area contributed by atoms with E-state index < -0.39 is 15.8 Å². The van der Waals surface area contributed by atoms with Crippen LogP contribution in [0.15, 0.2) is 18.2 Å². The molecule has 0 saturated carbocycles. The molecule has 8 heteroatoms. The number of benzene rings is 1. The number of nitrogens with zero attached hydrogens (tertiary/aromatic N) is 2. The van der Waals surface area contributed by atoms with Gasteiger partial charge < -0.3 is 0 Å². The summed E-state index contributed by atoms with van der Waals surface area (Å²) in [7, 11) is -2.02. The van der Waals surface area contributed by atoms with E-state index in [1.165, 1.54) is 16.8 Å². The fraction of sp³-hybridized carbons (Fsp3) is 0.308. The molecule has 1 N–H and O–H groups in total. The molecule has 0 saturated heterocycles. The first-order valence-electron chi connectivity index (χ1n) is 6.14. The summed E-state index contributed by atoms with van der Waals surface area (Å²) in [5.41, 5.74) is 1.82. The number of aromatic nitrogens is 2. The highest BCUT2D eigenvalue weighted by molar-refractivity contribution is 7.91. The van der Waals surface area contributed by atoms with Crippen LogP contribution < -0.4 is 4.72 Å². The van der Waals surface area contributed by atoms with Gasteiger partial charge in [0.25, 0.3) is 0 Å². The third-order valence-corrected chi connectivity index (χ3v) is 4.64. The number of aryl methyl sites for hydroxylation is 2. The van der Waals surface area contributed by atoms with Gasteiger partial charge in [-0.05, 0) is 31.5 Å². The van der Waals surface area contributed by atoms with Crippen molar-refractivity contribution in [2.45, 2.75) is 19.6 Å². The van der Waals surface area contributed by atoms with Crippen molar-refractivity contribution < 1.29 is 12.8 Å². The number of halogens is 2. The lowest BCUT2D eigenvalue weighted by Crippen LogP contribution is -2.18. The second-order valence-corrected chi connectivity index (χ2v) is 6.92. The van der Waals surface area contributed by atoms with Gasteiger partial charge in [0.1, 0.15) is 11.6 Å². The number of sulfonamides is 1. The molecule has 1 heterocycles. The van der Waals surface area contributed by atoms with Crippen molar-refractivity contribution in [1.29, 1.82) is 0 Å². The Bertz CT molecular complexity index is 787. The number of nitrogens with one attached hydrogen (secondary N) is 1. The molecule has 0 spiro atoms. The molecule has 0 aliphatic rings. The Morgan fingerprint density at radius 3 is 2.57 bits per heavy atom. The predicted molar refractivity (Wildman–Crippen MR) is 80.3 cm³/mol. The molecule has 114 valence electrons. The minimum Gasteiger partial charge on any atom is -0.267 e. The number of rotatable bonds is 4. The van der Waals surface area contributed by atoms with Gasteiger partial charge in [0.2, 0.25) is 10.0 Å². The van der Waals surface area contributed by atoms with Crippen LogP contribution in [0.1, 0.15) is 16.8 Å². The van der Waals surface area contributed by atoms with E-state index in [1.807, 2.05) is 0 Å². The van der Waals surface area contributed by atoms with E-state index in [0.717, 1.165) is 17.3 Å². The lowest BCUT2D eigenvalue weighted by molar-refractivity contribution is 0.598. The van der Waals surface area contributed by atoms with Crippen molar-refractivity contribution in [3.63, 3.8) is 0 Å². The van der Waals surface area contributed by atoms with Crippen LogP contribution in [-0.2, 0) is 22.8 Å². The third kappa shape index (κ3) is 3.54. The third-order valence-electron chi connectivity index (χ3n) is 3.11. The largest absolute Gasteiger partial charge is 0.267 e. The number of hydrogen-bond acceptors (Lipinski definition) is 3. The highest BCUT2D eigenvalue weighted by Gasteiger charge is 2.18. The molecule has 2 rings (SSSR count). The fourth-order valence-electron chi connectivity index (χ4n) is 1.94. The number of anilines is 1. The zero-order chi connectivity index (χ0) is 15.8. The Labute approximate surface area is 127 Å². The van der Waals surface area contributed by atoms with Crippen LogP contribution in [-0.4, -0.2) is 18.2 Å². The summed E-state index contributed by atoms with van der Waals surface area (Å²) >= 11 is 5.57. The predicted octanol–water partition coefficient (Wildman–Crippen LogP) is 2.77. The molecule has 1 aromatic carbocycles. The maximum absolute atomic E-state index is 13.4. The standard InChI is InChI=1S/C13H15ClFN3O2S/c1-8-9(2)16-18(3)13(8)17-21(19,20)7-10-4-5-11(14)12(15)6-10/h4-6,17H,7H2,1-3H3. The number of hydrogen-bond donors (Lipinski definition) is 1. The van der Waals surface area contributed by atoms with Gasteiger partial charge in [0.15, 0.2) is 0 Å². The minimum atomic E-state index is -3.67. The minimum absolute atomic E-state index is 0.0396. The lowest BCUT2D eigenvalue weighted by Gasteiger charge is -2.09. The molecule has 0 aliphatic heterocycles. The first kappa shape index (κ1) is 15.8. The Morgan fingerprint density at radius 2 is 2.05 bits per heavy atom. The van der Waals surface area contributed by atoms with E-state index in [2.05, 4.69) is 9.82 Å². The first-order valence-corrected chi connectivity index (χ1v) is 8.17. The van der Waals surface area contributed by atoms with Crippen LogP contribution in [0.25, 0.3) is 0 Å². The summed E-state index contributed by atoms with van der Waals surface area (Å²) in [6.45, 7) is 3.57. The van der Waals surface area contributed by atoms with Crippen LogP contribution in [0.5, 0.6) is 0 Å². The van der Waals surface area contributed by atoms with Crippen molar-refractivity contribution in [3.8, 4) is 0 Å². The van der Waals surface area contributed by atoms with E-state index in [-0.39, 0.29) is 10.8 Å². The Hall–Kier alpha value is -1.60. The topological polar surface area (TPSA) is 64.0 Å². The van der Waals surface area contributed by atoms with Crippen LogP contribution in [0.3, 0.4) is 0 Å². The maximum Gasteiger partial charge on any atom is 0.238 e. The molecule has 0 amide bonds. The van der Waals surface area contributed by atoms with Gasteiger partial charge in [-0.1, -0.05) is 17.7 Å². The van der Waals surface area contributed by atoms with Gasteiger partial charge in [0.05, 0.1) is 16.5 Å². The van der Waals surface area contributed by atoms with Gasteiger partial charge in [-0.25, -0.2) is 12.8 Å². The average molecular weight is 332 g/mol. The quantitative estimate of drug-likeness (QED) is 0.937. The zero-order valence-electron chi connectivity index (χ0n) is 11.8. The highest BCUT2D eigenvalue weighted by Crippen LogP contribution is 2.21. The van der Waals surface area contributed by atoms with Crippen molar-refractivity contribution in [2.75, 3.05) is 4.72 Å². The van der Waals surface area contributed by atoms with Crippen molar-refractivity contribution in [3.05, 3.63) is 45.9 Å². The summed E-state index contributed by atoms with van der Waals surface area (Å²) in [6, 6.07) is 3.93. The van der Waals surface area contributed by atoms with Gasteiger partial charge >= 0.3 is 0 Å². The lowest BCUT2D eigenvalue weighted by atomic mass is 10.2. The zero-order valence-corrected chi connectivity index (χ0v) is 13.4. The monoisotopic (exact) mass is 331 g/mol. The van der Waals surface area contributed by atoms with Gasteiger partial charge in [-0.15, -0.1) is 0 Å². The summed E-state index contributed by atoms with van der Waals surface area (Å²) < 4.78 is 41.6. The molecular weight excluding hydrogens is 317 g/mol. The van der Waals surface area contributed by atoms with E-state index in [4.69, 9.17) is 11.6 Å². The second kappa shape index (κ2) is 5.65. The molecule has 0 atom stereocenters. The van der Waals surface area contributed by atoms with Crippen molar-refractivity contribution in [1.82, 2.24) is 9.78 Å². The Morgan fingerprint density at radius 1 is 1.38 bits per heavy atom. The Balaban J connectivity index is 2.24. The molecule has 1 aromatic heterocycles. The first-order chi connectivity index (χ1) is 9.69. The van der Waals surface area contributed by atoms with Crippen LogP contribution >= 0.6 is 11.6 Å². The molecular formula is C13H15ClFN3O2S. The molecule has 0 bridgehead atoms. The van der Waals surface area contributed by atoms with Crippen LogP contribution in [0.2, 0.25) is 5.02 Å². The summed E-state index contributed by atoms with van der Waals surface area (Å²) in [5, 5.41) is 4.10. The van der Waals surface area contributed by atoms with Gasteiger partial charge in [-0.3, -0.25) is 9.40 Å². The van der Waals surface area contributed by atoms with Crippen molar-refractivity contribution in [2.24, 2.45) is 7.05 Å². The van der Waals surface area contributed by atoms with E-state index in [1.54, 1.807) is 20.9 Å². The molecule has 0 radical (unpaired) electrons. The summed E-state index contributed by atoms with van der Waals surface area (Å²) in [5.74, 6) is -0.580. The van der Waals surface area contributed by atoms with E-state index >= 15 is 0 Å². The molecule has 0 unspecified atom stereocenters. The molecule has 0 fully saturated rings. The SMILES string of the molecule is Cc1nn(C)c(NS(=O)(=O)Cc2ccc(Cl)c(F)c2)c1C. The molecule has 0 aliphatic carbocycles. The van der Waals surface area contributed by atoms with E-state index in [9.17, 15) is 12.8 Å². The van der Waals surface area contributed by atoms with Crippen molar-refractivity contribution >= 4 is 27.4 Å². The molecule has 5 nitrogen and oxygen atoms in total. The van der Waals surface area contributed by atoms with E-state index in [0.29, 0.717) is 11.4 Å². The normalized spacial score (nSPS) is 11.7. The highest BCUT2D eigenvalue weighted by atomic mass is 35.5. The molecule has 21 heavy (non-hydrogen) atoms.